The molecule has 0 saturated heterocycles. The van der Waals surface area contributed by atoms with Crippen LogP contribution in [0.15, 0.2) is 78.1 Å². The van der Waals surface area contributed by atoms with Gasteiger partial charge < -0.3 is 4.74 Å². The maximum Gasteiger partial charge on any atom is 0.174 e. The summed E-state index contributed by atoms with van der Waals surface area (Å²) in [7, 11) is 0. The van der Waals surface area contributed by atoms with Gasteiger partial charge in [-0.2, -0.15) is 10.7 Å². The Hall–Kier alpha value is -3.21. The summed E-state index contributed by atoms with van der Waals surface area (Å²) in [6.45, 7) is 7.14. The third kappa shape index (κ3) is 3.53. The fourth-order valence-electron chi connectivity index (χ4n) is 3.01. The van der Waals surface area contributed by atoms with Crippen molar-refractivity contribution in [3.63, 3.8) is 0 Å². The number of nitrogens with zero attached hydrogens (tertiary/aromatic N) is 3. The summed E-state index contributed by atoms with van der Waals surface area (Å²) in [6.07, 6.45) is 7.89. The molecule has 0 saturated carbocycles. The van der Waals surface area contributed by atoms with E-state index in [1.54, 1.807) is 0 Å². The molecule has 0 bridgehead atoms. The van der Waals surface area contributed by atoms with Gasteiger partial charge in [-0.15, -0.1) is 5.10 Å². The number of hydrazine groups is 2. The van der Waals surface area contributed by atoms with Gasteiger partial charge in [0.25, 0.3) is 0 Å². The van der Waals surface area contributed by atoms with Crippen LogP contribution in [0.3, 0.4) is 0 Å². The van der Waals surface area contributed by atoms with E-state index in [0.717, 1.165) is 22.8 Å². The van der Waals surface area contributed by atoms with Gasteiger partial charge in [0.05, 0.1) is 0 Å². The first kappa shape index (κ1) is 17.2. The second-order valence-corrected chi connectivity index (χ2v) is 7.63. The van der Waals surface area contributed by atoms with Crippen molar-refractivity contribution < 1.29 is 4.74 Å². The van der Waals surface area contributed by atoms with Crippen molar-refractivity contribution in [3.05, 3.63) is 84.1 Å². The summed E-state index contributed by atoms with van der Waals surface area (Å²) in [6, 6.07) is 16.5. The van der Waals surface area contributed by atoms with Gasteiger partial charge in [0, 0.05) is 6.20 Å². The Kier molecular flexibility index (Phi) is 4.36. The van der Waals surface area contributed by atoms with Crippen LogP contribution in [0.2, 0.25) is 0 Å². The van der Waals surface area contributed by atoms with Gasteiger partial charge in [0.1, 0.15) is 18.0 Å². The zero-order valence-electron chi connectivity index (χ0n) is 15.9. The molecule has 138 valence electrons. The minimum Gasteiger partial charge on any atom is -0.487 e. The summed E-state index contributed by atoms with van der Waals surface area (Å²) in [4.78, 5) is 0. The molecule has 2 heterocycles. The fourth-order valence-corrected chi connectivity index (χ4v) is 3.01. The molecule has 27 heavy (non-hydrogen) atoms. The van der Waals surface area contributed by atoms with E-state index in [4.69, 9.17) is 4.74 Å². The van der Waals surface area contributed by atoms with Crippen molar-refractivity contribution in [2.75, 3.05) is 5.12 Å². The van der Waals surface area contributed by atoms with Crippen LogP contribution in [-0.4, -0.2) is 10.8 Å². The number of fused-ring (bicyclic) bond motifs is 1. The van der Waals surface area contributed by atoms with E-state index in [1.807, 2.05) is 58.8 Å². The first-order valence-electron chi connectivity index (χ1n) is 9.11. The van der Waals surface area contributed by atoms with Crippen LogP contribution in [0.5, 0.6) is 5.75 Å². The smallest absolute Gasteiger partial charge is 0.174 e. The first-order chi connectivity index (χ1) is 13.0. The van der Waals surface area contributed by atoms with Crippen molar-refractivity contribution >= 4 is 11.5 Å². The van der Waals surface area contributed by atoms with E-state index < -0.39 is 0 Å². The molecule has 0 atom stereocenters. The third-order valence-electron chi connectivity index (χ3n) is 4.58. The first-order valence-corrected chi connectivity index (χ1v) is 9.11. The minimum absolute atomic E-state index is 0.0355. The Morgan fingerprint density at radius 2 is 1.85 bits per heavy atom. The second kappa shape index (κ2) is 6.83. The number of nitrogens with one attached hydrogen (secondary N) is 1. The van der Waals surface area contributed by atoms with Crippen LogP contribution in [0.25, 0.3) is 0 Å². The van der Waals surface area contributed by atoms with Crippen LogP contribution in [0.1, 0.15) is 31.9 Å². The van der Waals surface area contributed by atoms with Gasteiger partial charge in [0.15, 0.2) is 5.84 Å². The van der Waals surface area contributed by atoms with Crippen molar-refractivity contribution in [1.29, 1.82) is 0 Å². The number of anilines is 1. The number of amidine groups is 1. The lowest BCUT2D eigenvalue weighted by atomic mass is 9.87. The monoisotopic (exact) mass is 360 g/mol. The van der Waals surface area contributed by atoms with Crippen LogP contribution in [-0.2, 0) is 12.0 Å². The summed E-state index contributed by atoms with van der Waals surface area (Å²) < 4.78 is 6.18. The van der Waals surface area contributed by atoms with Crippen LogP contribution in [0.4, 0.5) is 5.69 Å². The lowest BCUT2D eigenvalue weighted by molar-refractivity contribution is 0.303. The van der Waals surface area contributed by atoms with Gasteiger partial charge in [-0.25, -0.2) is 5.01 Å². The highest BCUT2D eigenvalue weighted by molar-refractivity contribution is 5.97. The van der Waals surface area contributed by atoms with Gasteiger partial charge in [-0.1, -0.05) is 63.2 Å². The molecule has 2 aromatic carbocycles. The SMILES string of the molecule is CC(C)(C)c1ccc(OCc2ccccc2)c(N2NN=C3C=CC=CN32)c1. The predicted octanol–water partition coefficient (Wildman–Crippen LogP) is 4.50. The highest BCUT2D eigenvalue weighted by atomic mass is 16.5. The number of allylic oxidation sites excluding steroid dienone is 2. The molecule has 5 heteroatoms. The van der Waals surface area contributed by atoms with Gasteiger partial charge in [0.2, 0.25) is 0 Å². The topological polar surface area (TPSA) is 40.1 Å². The van der Waals surface area contributed by atoms with E-state index in [0.29, 0.717) is 6.61 Å². The zero-order valence-corrected chi connectivity index (χ0v) is 15.9. The van der Waals surface area contributed by atoms with Gasteiger partial charge >= 0.3 is 0 Å². The molecule has 0 amide bonds. The van der Waals surface area contributed by atoms with E-state index in [9.17, 15) is 0 Å². The van der Waals surface area contributed by atoms with Gasteiger partial charge in [-0.05, 0) is 40.8 Å². The fraction of sp³-hybridized carbons (Fsp3) is 0.227. The second-order valence-electron chi connectivity index (χ2n) is 7.63. The Morgan fingerprint density at radius 1 is 1.04 bits per heavy atom. The standard InChI is InChI=1S/C22H24N4O/c1-22(2,3)18-12-13-20(27-16-17-9-5-4-6-10-17)19(15-18)26-24-23-21-11-7-8-14-25(21)26/h4-15,24H,16H2,1-3H3. The largest absolute Gasteiger partial charge is 0.487 e. The molecule has 2 aliphatic heterocycles. The molecular weight excluding hydrogens is 336 g/mol. The summed E-state index contributed by atoms with van der Waals surface area (Å²) in [5.74, 6) is 1.64. The summed E-state index contributed by atoms with van der Waals surface area (Å²) in [5.41, 5.74) is 6.43. The Balaban J connectivity index is 1.66. The number of rotatable bonds is 4. The molecule has 0 fully saturated rings. The summed E-state index contributed by atoms with van der Waals surface area (Å²) in [5, 5.41) is 8.27. The highest BCUT2D eigenvalue weighted by Gasteiger charge is 2.28. The molecule has 0 aromatic heterocycles. The molecule has 2 aromatic rings. The van der Waals surface area contributed by atoms with Gasteiger partial charge in [-0.3, -0.25) is 0 Å². The number of benzene rings is 2. The van der Waals surface area contributed by atoms with Crippen molar-refractivity contribution in [3.8, 4) is 5.75 Å². The van der Waals surface area contributed by atoms with E-state index >= 15 is 0 Å². The Labute approximate surface area is 160 Å². The number of ether oxygens (including phenoxy) is 1. The molecule has 2 aliphatic rings. The van der Waals surface area contributed by atoms with Crippen molar-refractivity contribution in [2.24, 2.45) is 5.10 Å². The number of hydrazone groups is 1. The molecule has 0 aliphatic carbocycles. The van der Waals surface area contributed by atoms with Crippen LogP contribution in [0, 0.1) is 0 Å². The molecule has 0 spiro atoms. The zero-order chi connectivity index (χ0) is 18.9. The number of hydrogen-bond donors (Lipinski definition) is 1. The number of hydrogen-bond acceptors (Lipinski definition) is 5. The predicted molar refractivity (Wildman–Crippen MR) is 109 cm³/mol. The molecule has 4 rings (SSSR count). The minimum atomic E-state index is 0.0355. The van der Waals surface area contributed by atoms with Crippen molar-refractivity contribution in [2.45, 2.75) is 32.8 Å². The average Bonchev–Trinajstić information content (AvgIpc) is 3.10. The van der Waals surface area contributed by atoms with Crippen molar-refractivity contribution in [1.82, 2.24) is 10.5 Å². The maximum absolute atomic E-state index is 6.18. The maximum atomic E-state index is 6.18. The van der Waals surface area contributed by atoms with E-state index in [-0.39, 0.29) is 5.41 Å². The lowest BCUT2D eigenvalue weighted by Gasteiger charge is -2.31. The van der Waals surface area contributed by atoms with E-state index in [2.05, 4.69) is 55.7 Å². The molecule has 1 N–H and O–H groups in total. The molecule has 0 radical (unpaired) electrons. The highest BCUT2D eigenvalue weighted by Crippen LogP contribution is 2.36. The summed E-state index contributed by atoms with van der Waals surface area (Å²) >= 11 is 0. The normalized spacial score (nSPS) is 15.4. The van der Waals surface area contributed by atoms with E-state index in [1.165, 1.54) is 5.56 Å². The van der Waals surface area contributed by atoms with Crippen LogP contribution < -0.4 is 15.4 Å². The quantitative estimate of drug-likeness (QED) is 0.871. The van der Waals surface area contributed by atoms with Crippen LogP contribution >= 0.6 is 0 Å². The lowest BCUT2D eigenvalue weighted by Crippen LogP contribution is -2.43. The average molecular weight is 360 g/mol. The molecule has 5 nitrogen and oxygen atoms in total. The molecular formula is C22H24N4O. The Bertz CT molecular complexity index is 910. The Morgan fingerprint density at radius 3 is 2.63 bits per heavy atom. The third-order valence-corrected chi connectivity index (χ3v) is 4.58. The molecule has 0 unspecified atom stereocenters.